The molecule has 2 aromatic rings. The van der Waals surface area contributed by atoms with Crippen molar-refractivity contribution in [1.82, 2.24) is 10.7 Å². The summed E-state index contributed by atoms with van der Waals surface area (Å²) in [4.78, 5) is 23.5. The Labute approximate surface area is 153 Å². The van der Waals surface area contributed by atoms with Gasteiger partial charge in [0.05, 0.1) is 22.8 Å². The summed E-state index contributed by atoms with van der Waals surface area (Å²) in [5, 5.41) is 7.49. The second-order valence-corrected chi connectivity index (χ2v) is 5.87. The van der Waals surface area contributed by atoms with Crippen LogP contribution in [0.3, 0.4) is 0 Å². The van der Waals surface area contributed by atoms with Crippen molar-refractivity contribution in [3.63, 3.8) is 0 Å². The topological polar surface area (TPSA) is 70.6 Å². The molecule has 0 aliphatic heterocycles. The number of carbonyl (C=O) groups excluding carboxylic acids is 2. The molecule has 0 saturated carbocycles. The van der Waals surface area contributed by atoms with Crippen molar-refractivity contribution < 1.29 is 9.59 Å². The van der Waals surface area contributed by atoms with E-state index in [1.165, 1.54) is 12.3 Å². The predicted molar refractivity (Wildman–Crippen MR) is 96.0 cm³/mol. The fourth-order valence-electron chi connectivity index (χ4n) is 1.73. The Balaban J connectivity index is 1.85. The van der Waals surface area contributed by atoms with Crippen molar-refractivity contribution in [2.45, 2.75) is 0 Å². The maximum absolute atomic E-state index is 11.9. The van der Waals surface area contributed by atoms with E-state index in [-0.39, 0.29) is 6.54 Å². The van der Waals surface area contributed by atoms with Crippen molar-refractivity contribution in [3.8, 4) is 0 Å². The van der Waals surface area contributed by atoms with E-state index >= 15 is 0 Å². The van der Waals surface area contributed by atoms with Gasteiger partial charge in [-0.25, -0.2) is 5.43 Å². The highest BCUT2D eigenvalue weighted by Crippen LogP contribution is 2.21. The number of hydrogen-bond acceptors (Lipinski definition) is 3. The number of rotatable bonds is 5. The van der Waals surface area contributed by atoms with Gasteiger partial charge < -0.3 is 5.32 Å². The van der Waals surface area contributed by atoms with Gasteiger partial charge in [0.1, 0.15) is 0 Å². The van der Waals surface area contributed by atoms with Crippen LogP contribution in [0.15, 0.2) is 47.6 Å². The third-order valence-corrected chi connectivity index (χ3v) is 3.77. The van der Waals surface area contributed by atoms with Gasteiger partial charge in [0, 0.05) is 16.1 Å². The number of benzene rings is 2. The molecular formula is C16H12Cl3N3O2. The van der Waals surface area contributed by atoms with E-state index in [4.69, 9.17) is 34.8 Å². The summed E-state index contributed by atoms with van der Waals surface area (Å²) in [6.45, 7) is -0.237. The van der Waals surface area contributed by atoms with Gasteiger partial charge in [-0.3, -0.25) is 9.59 Å². The molecule has 0 aromatic heterocycles. The fraction of sp³-hybridized carbons (Fsp3) is 0.0625. The molecular weight excluding hydrogens is 373 g/mol. The molecule has 2 N–H and O–H groups in total. The van der Waals surface area contributed by atoms with Crippen LogP contribution >= 0.6 is 34.8 Å². The number of amides is 2. The van der Waals surface area contributed by atoms with Crippen molar-refractivity contribution in [2.24, 2.45) is 5.10 Å². The Hall–Kier alpha value is -2.08. The van der Waals surface area contributed by atoms with Gasteiger partial charge in [-0.1, -0.05) is 46.9 Å². The fourth-order valence-corrected chi connectivity index (χ4v) is 2.42. The second-order valence-electron chi connectivity index (χ2n) is 4.62. The summed E-state index contributed by atoms with van der Waals surface area (Å²) in [7, 11) is 0. The van der Waals surface area contributed by atoms with E-state index in [0.717, 1.165) is 0 Å². The summed E-state index contributed by atoms with van der Waals surface area (Å²) in [5.74, 6) is -0.907. The average Bonchev–Trinajstić information content (AvgIpc) is 2.55. The maximum Gasteiger partial charge on any atom is 0.259 e. The molecule has 2 rings (SSSR count). The van der Waals surface area contributed by atoms with Gasteiger partial charge in [-0.05, 0) is 30.3 Å². The molecule has 124 valence electrons. The van der Waals surface area contributed by atoms with Crippen LogP contribution in [0.4, 0.5) is 0 Å². The first-order valence-electron chi connectivity index (χ1n) is 6.77. The van der Waals surface area contributed by atoms with Crippen LogP contribution in [-0.2, 0) is 4.79 Å². The lowest BCUT2D eigenvalue weighted by Gasteiger charge is -2.05. The average molecular weight is 385 g/mol. The van der Waals surface area contributed by atoms with Gasteiger partial charge in [0.2, 0.25) is 0 Å². The van der Waals surface area contributed by atoms with Crippen molar-refractivity contribution in [3.05, 3.63) is 68.7 Å². The smallest absolute Gasteiger partial charge is 0.259 e. The van der Waals surface area contributed by atoms with Gasteiger partial charge in [0.15, 0.2) is 0 Å². The van der Waals surface area contributed by atoms with Crippen molar-refractivity contribution in [2.75, 3.05) is 6.54 Å². The van der Waals surface area contributed by atoms with Crippen LogP contribution in [0.2, 0.25) is 15.1 Å². The minimum atomic E-state index is -0.496. The molecule has 2 aromatic carbocycles. The molecule has 0 atom stereocenters. The first-order chi connectivity index (χ1) is 11.5. The zero-order valence-electron chi connectivity index (χ0n) is 12.2. The lowest BCUT2D eigenvalue weighted by atomic mass is 10.2. The molecule has 8 heteroatoms. The van der Waals surface area contributed by atoms with Gasteiger partial charge in [-0.15, -0.1) is 0 Å². The third kappa shape index (κ3) is 5.23. The minimum absolute atomic E-state index is 0.237. The van der Waals surface area contributed by atoms with Crippen LogP contribution in [0, 0.1) is 0 Å². The van der Waals surface area contributed by atoms with Gasteiger partial charge in [0.25, 0.3) is 11.8 Å². The van der Waals surface area contributed by atoms with Crippen molar-refractivity contribution in [1.29, 1.82) is 0 Å². The van der Waals surface area contributed by atoms with E-state index in [9.17, 15) is 9.59 Å². The van der Waals surface area contributed by atoms with E-state index in [1.807, 2.05) is 0 Å². The summed E-state index contributed by atoms with van der Waals surface area (Å²) < 4.78 is 0. The summed E-state index contributed by atoms with van der Waals surface area (Å²) in [6.07, 6.45) is 1.33. The molecule has 5 nitrogen and oxygen atoms in total. The third-order valence-electron chi connectivity index (χ3n) is 2.88. The Morgan fingerprint density at radius 1 is 1.04 bits per heavy atom. The molecule has 0 aliphatic rings. The normalized spacial score (nSPS) is 10.6. The molecule has 0 fully saturated rings. The molecule has 0 spiro atoms. The predicted octanol–water partition coefficient (Wildman–Crippen LogP) is 3.53. The zero-order valence-corrected chi connectivity index (χ0v) is 14.5. The zero-order chi connectivity index (χ0) is 17.5. The first-order valence-corrected chi connectivity index (χ1v) is 7.90. The molecule has 0 heterocycles. The van der Waals surface area contributed by atoms with Crippen LogP contribution in [0.25, 0.3) is 0 Å². The molecule has 0 bridgehead atoms. The number of nitrogens with one attached hydrogen (secondary N) is 2. The molecule has 0 saturated heterocycles. The SMILES string of the molecule is O=C(CNC(=O)c1cccc(Cl)c1)NN=Cc1c(Cl)cccc1Cl. The first kappa shape index (κ1) is 18.3. The van der Waals surface area contributed by atoms with Crippen molar-refractivity contribution >= 4 is 52.8 Å². The standard InChI is InChI=1S/C16H12Cl3N3O2/c17-11-4-1-3-10(7-11)16(24)20-9-15(23)22-21-8-12-13(18)5-2-6-14(12)19/h1-8H,9H2,(H,20,24)(H,22,23). The van der Waals surface area contributed by atoms with E-state index < -0.39 is 11.8 Å². The number of nitrogens with zero attached hydrogens (tertiary/aromatic N) is 1. The van der Waals surface area contributed by atoms with E-state index in [1.54, 1.807) is 36.4 Å². The highest BCUT2D eigenvalue weighted by Gasteiger charge is 2.08. The number of hydrazone groups is 1. The summed E-state index contributed by atoms with van der Waals surface area (Å²) >= 11 is 17.7. The van der Waals surface area contributed by atoms with E-state index in [0.29, 0.717) is 26.2 Å². The highest BCUT2D eigenvalue weighted by molar-refractivity contribution is 6.38. The minimum Gasteiger partial charge on any atom is -0.343 e. The second kappa shape index (κ2) is 8.68. The number of carbonyl (C=O) groups is 2. The van der Waals surface area contributed by atoms with Gasteiger partial charge in [-0.2, -0.15) is 5.10 Å². The molecule has 24 heavy (non-hydrogen) atoms. The summed E-state index contributed by atoms with van der Waals surface area (Å²) in [5.41, 5.74) is 3.13. The lowest BCUT2D eigenvalue weighted by Crippen LogP contribution is -2.34. The Bertz CT molecular complexity index is 774. The van der Waals surface area contributed by atoms with Crippen LogP contribution < -0.4 is 10.7 Å². The molecule has 2 amide bonds. The lowest BCUT2D eigenvalue weighted by molar-refractivity contribution is -0.120. The quantitative estimate of drug-likeness (QED) is 0.611. The monoisotopic (exact) mass is 383 g/mol. The molecule has 0 unspecified atom stereocenters. The Kier molecular flexibility index (Phi) is 6.61. The van der Waals surface area contributed by atoms with E-state index in [2.05, 4.69) is 15.8 Å². The number of halogens is 3. The van der Waals surface area contributed by atoms with Crippen LogP contribution in [-0.4, -0.2) is 24.6 Å². The molecule has 0 aliphatic carbocycles. The highest BCUT2D eigenvalue weighted by atomic mass is 35.5. The van der Waals surface area contributed by atoms with Crippen LogP contribution in [0.5, 0.6) is 0 Å². The maximum atomic E-state index is 11.9. The largest absolute Gasteiger partial charge is 0.343 e. The summed E-state index contributed by atoms with van der Waals surface area (Å²) in [6, 6.07) is 11.4. The van der Waals surface area contributed by atoms with Crippen LogP contribution in [0.1, 0.15) is 15.9 Å². The molecule has 0 radical (unpaired) electrons. The number of hydrogen-bond donors (Lipinski definition) is 2. The Morgan fingerprint density at radius 3 is 2.38 bits per heavy atom. The van der Waals surface area contributed by atoms with Gasteiger partial charge >= 0.3 is 0 Å². The Morgan fingerprint density at radius 2 is 1.71 bits per heavy atom.